The monoisotopic (exact) mass is 277 g/mol. The highest BCUT2D eigenvalue weighted by Crippen LogP contribution is 2.24. The Labute approximate surface area is 110 Å². The fourth-order valence-electron chi connectivity index (χ4n) is 1.52. The first-order valence-corrected chi connectivity index (χ1v) is 6.81. The van der Waals surface area contributed by atoms with Crippen LogP contribution < -0.4 is 0 Å². The minimum absolute atomic E-state index is 0.0376. The number of nitrogens with zero attached hydrogens (tertiary/aromatic N) is 1. The Morgan fingerprint density at radius 1 is 1.00 bits per heavy atom. The molecule has 98 valence electrons. The summed E-state index contributed by atoms with van der Waals surface area (Å²) in [5, 5.41) is 9.56. The van der Waals surface area contributed by atoms with Gasteiger partial charge in [0.2, 0.25) is 0 Å². The van der Waals surface area contributed by atoms with E-state index in [1.54, 1.807) is 24.3 Å². The van der Waals surface area contributed by atoms with Gasteiger partial charge in [0.1, 0.15) is 10.6 Å². The first kappa shape index (κ1) is 13.3. The zero-order valence-corrected chi connectivity index (χ0v) is 10.6. The highest BCUT2D eigenvalue weighted by molar-refractivity contribution is 7.86. The third-order valence-electron chi connectivity index (χ3n) is 2.42. The number of para-hydroxylation sites is 2. The van der Waals surface area contributed by atoms with Gasteiger partial charge < -0.3 is 5.11 Å². The molecule has 0 saturated carbocycles. The maximum atomic E-state index is 11.2. The largest absolute Gasteiger partial charge is 0.507 e. The van der Waals surface area contributed by atoms with Crippen LogP contribution in [0.1, 0.15) is 5.56 Å². The predicted octanol–water partition coefficient (Wildman–Crippen LogP) is 2.39. The van der Waals surface area contributed by atoms with Crippen LogP contribution in [0.15, 0.2) is 58.4 Å². The van der Waals surface area contributed by atoms with Crippen molar-refractivity contribution in [3.05, 3.63) is 54.1 Å². The number of hydrogen-bond acceptors (Lipinski definition) is 4. The smallest absolute Gasteiger partial charge is 0.296 e. The zero-order valence-electron chi connectivity index (χ0n) is 9.76. The van der Waals surface area contributed by atoms with E-state index in [0.717, 1.165) is 0 Å². The number of rotatable bonds is 3. The van der Waals surface area contributed by atoms with Crippen LogP contribution in [0.4, 0.5) is 5.69 Å². The van der Waals surface area contributed by atoms with Crippen molar-refractivity contribution in [1.82, 2.24) is 0 Å². The SMILES string of the molecule is O=S(=O)(O)c1ccccc1N=Cc1ccccc1O. The molecule has 2 aromatic carbocycles. The van der Waals surface area contributed by atoms with Crippen LogP contribution in [0.25, 0.3) is 0 Å². The molecule has 0 heterocycles. The van der Waals surface area contributed by atoms with Crippen molar-refractivity contribution in [2.75, 3.05) is 0 Å². The summed E-state index contributed by atoms with van der Waals surface area (Å²) in [4.78, 5) is 3.70. The van der Waals surface area contributed by atoms with Crippen molar-refractivity contribution in [1.29, 1.82) is 0 Å². The Bertz CT molecular complexity index is 723. The molecule has 0 amide bonds. The summed E-state index contributed by atoms with van der Waals surface area (Å²) >= 11 is 0. The zero-order chi connectivity index (χ0) is 13.9. The molecule has 0 spiro atoms. The minimum atomic E-state index is -4.32. The Balaban J connectivity index is 2.43. The average Bonchev–Trinajstić information content (AvgIpc) is 2.37. The maximum absolute atomic E-state index is 11.2. The quantitative estimate of drug-likeness (QED) is 0.666. The molecule has 0 fully saturated rings. The highest BCUT2D eigenvalue weighted by Gasteiger charge is 2.13. The lowest BCUT2D eigenvalue weighted by Gasteiger charge is -2.02. The topological polar surface area (TPSA) is 87.0 Å². The number of phenolic OH excluding ortho intramolecular Hbond substituents is 1. The van der Waals surface area contributed by atoms with Crippen molar-refractivity contribution in [3.63, 3.8) is 0 Å². The molecule has 2 rings (SSSR count). The van der Waals surface area contributed by atoms with Crippen LogP contribution in [0.2, 0.25) is 0 Å². The van der Waals surface area contributed by atoms with Gasteiger partial charge in [-0.25, -0.2) is 0 Å². The molecule has 0 unspecified atom stereocenters. The van der Waals surface area contributed by atoms with Gasteiger partial charge in [0, 0.05) is 11.8 Å². The molecule has 0 atom stereocenters. The van der Waals surface area contributed by atoms with Crippen LogP contribution in [0.5, 0.6) is 5.75 Å². The summed E-state index contributed by atoms with van der Waals surface area (Å²) in [7, 11) is -4.32. The Morgan fingerprint density at radius 2 is 1.63 bits per heavy atom. The van der Waals surface area contributed by atoms with Gasteiger partial charge >= 0.3 is 0 Å². The molecule has 0 aliphatic heterocycles. The predicted molar refractivity (Wildman–Crippen MR) is 71.6 cm³/mol. The second-order valence-electron chi connectivity index (χ2n) is 3.76. The number of hydrogen-bond donors (Lipinski definition) is 2. The maximum Gasteiger partial charge on any atom is 0.296 e. The van der Waals surface area contributed by atoms with E-state index in [4.69, 9.17) is 4.55 Å². The fourth-order valence-corrected chi connectivity index (χ4v) is 2.15. The highest BCUT2D eigenvalue weighted by atomic mass is 32.2. The molecule has 0 radical (unpaired) electrons. The fraction of sp³-hybridized carbons (Fsp3) is 0. The molecule has 5 nitrogen and oxygen atoms in total. The first-order valence-electron chi connectivity index (χ1n) is 5.37. The van der Waals surface area contributed by atoms with E-state index >= 15 is 0 Å². The van der Waals surface area contributed by atoms with Gasteiger partial charge in [0.15, 0.2) is 0 Å². The summed E-state index contributed by atoms with van der Waals surface area (Å²) < 4.78 is 31.4. The molecule has 0 bridgehead atoms. The second-order valence-corrected chi connectivity index (χ2v) is 5.15. The lowest BCUT2D eigenvalue weighted by molar-refractivity contribution is 0.474. The van der Waals surface area contributed by atoms with Gasteiger partial charge in [-0.3, -0.25) is 9.55 Å². The van der Waals surface area contributed by atoms with Crippen molar-refractivity contribution in [2.24, 2.45) is 4.99 Å². The molecule has 19 heavy (non-hydrogen) atoms. The van der Waals surface area contributed by atoms with Crippen LogP contribution in [-0.2, 0) is 10.1 Å². The molecule has 0 aromatic heterocycles. The van der Waals surface area contributed by atoms with Gasteiger partial charge in [-0.2, -0.15) is 8.42 Å². The lowest BCUT2D eigenvalue weighted by atomic mass is 10.2. The van der Waals surface area contributed by atoms with Gasteiger partial charge in [-0.1, -0.05) is 24.3 Å². The van der Waals surface area contributed by atoms with Gasteiger partial charge in [0.05, 0.1) is 5.69 Å². The van der Waals surface area contributed by atoms with E-state index in [1.165, 1.54) is 30.5 Å². The number of aliphatic imine (C=N–C) groups is 1. The molecule has 0 aliphatic carbocycles. The van der Waals surface area contributed by atoms with E-state index in [9.17, 15) is 13.5 Å². The van der Waals surface area contributed by atoms with Crippen molar-refractivity contribution >= 4 is 22.0 Å². The Hall–Kier alpha value is -2.18. The Morgan fingerprint density at radius 3 is 2.32 bits per heavy atom. The molecule has 0 aliphatic rings. The number of benzene rings is 2. The van der Waals surface area contributed by atoms with E-state index in [-0.39, 0.29) is 16.3 Å². The number of aromatic hydroxyl groups is 1. The molecule has 2 N–H and O–H groups in total. The van der Waals surface area contributed by atoms with Crippen molar-refractivity contribution < 1.29 is 18.1 Å². The molecular formula is C13H11NO4S. The summed E-state index contributed by atoms with van der Waals surface area (Å²) in [5.41, 5.74) is 0.556. The average molecular weight is 277 g/mol. The van der Waals surface area contributed by atoms with Gasteiger partial charge in [0.25, 0.3) is 10.1 Å². The van der Waals surface area contributed by atoms with Crippen LogP contribution in [-0.4, -0.2) is 24.3 Å². The summed E-state index contributed by atoms with van der Waals surface area (Å²) in [6.45, 7) is 0. The van der Waals surface area contributed by atoms with Crippen molar-refractivity contribution in [2.45, 2.75) is 4.90 Å². The minimum Gasteiger partial charge on any atom is -0.507 e. The Kier molecular flexibility index (Phi) is 3.64. The van der Waals surface area contributed by atoms with Crippen LogP contribution >= 0.6 is 0 Å². The van der Waals surface area contributed by atoms with Crippen molar-refractivity contribution in [3.8, 4) is 5.75 Å². The molecule has 2 aromatic rings. The third kappa shape index (κ3) is 3.18. The van der Waals surface area contributed by atoms with Crippen LogP contribution in [0, 0.1) is 0 Å². The summed E-state index contributed by atoms with van der Waals surface area (Å²) in [5.74, 6) is 0.0376. The van der Waals surface area contributed by atoms with E-state index in [0.29, 0.717) is 5.56 Å². The lowest BCUT2D eigenvalue weighted by Crippen LogP contribution is -1.98. The molecule has 0 saturated heterocycles. The second kappa shape index (κ2) is 5.21. The molecular weight excluding hydrogens is 266 g/mol. The van der Waals surface area contributed by atoms with Crippen LogP contribution in [0.3, 0.4) is 0 Å². The van der Waals surface area contributed by atoms with Gasteiger partial charge in [-0.05, 0) is 24.3 Å². The molecule has 6 heteroatoms. The first-order chi connectivity index (χ1) is 8.98. The van der Waals surface area contributed by atoms with E-state index in [1.807, 2.05) is 0 Å². The van der Waals surface area contributed by atoms with E-state index in [2.05, 4.69) is 4.99 Å². The van der Waals surface area contributed by atoms with E-state index < -0.39 is 10.1 Å². The third-order valence-corrected chi connectivity index (χ3v) is 3.32. The normalized spacial score (nSPS) is 11.8. The summed E-state index contributed by atoms with van der Waals surface area (Å²) in [6, 6.07) is 12.3. The van der Waals surface area contributed by atoms with Gasteiger partial charge in [-0.15, -0.1) is 0 Å². The summed E-state index contributed by atoms with van der Waals surface area (Å²) in [6.07, 6.45) is 1.33. The number of phenols is 1. The standard InChI is InChI=1S/C13H11NO4S/c15-12-7-3-1-5-10(12)9-14-11-6-2-4-8-13(11)19(16,17)18/h1-9,15H,(H,16,17,18).